The number of nitrogens with zero attached hydrogens (tertiary/aromatic N) is 1. The van der Waals surface area contributed by atoms with E-state index < -0.39 is 5.63 Å². The summed E-state index contributed by atoms with van der Waals surface area (Å²) in [4.78, 5) is 20.3. The van der Waals surface area contributed by atoms with E-state index in [9.17, 15) is 4.79 Å². The normalized spacial score (nSPS) is 11.6. The van der Waals surface area contributed by atoms with Crippen molar-refractivity contribution in [3.63, 3.8) is 0 Å². The lowest BCUT2D eigenvalue weighted by atomic mass is 10.0. The number of imidazole rings is 1. The molecule has 126 valence electrons. The van der Waals surface area contributed by atoms with Crippen LogP contribution in [-0.2, 0) is 0 Å². The number of fused-ring (bicyclic) bond motifs is 4. The maximum absolute atomic E-state index is 12.5. The average Bonchev–Trinajstić information content (AvgIpc) is 3.03. The van der Waals surface area contributed by atoms with Crippen LogP contribution in [0.5, 0.6) is 0 Å². The first-order valence-corrected chi connectivity index (χ1v) is 9.01. The van der Waals surface area contributed by atoms with Gasteiger partial charge in [-0.3, -0.25) is 0 Å². The van der Waals surface area contributed by atoms with Gasteiger partial charge >= 0.3 is 5.63 Å². The molecule has 5 aromatic rings. The van der Waals surface area contributed by atoms with E-state index in [0.717, 1.165) is 37.2 Å². The van der Waals surface area contributed by atoms with Crippen LogP contribution in [0.2, 0.25) is 0 Å². The lowest BCUT2D eigenvalue weighted by Gasteiger charge is -2.05. The van der Waals surface area contributed by atoms with E-state index in [1.807, 2.05) is 61.5 Å². The summed E-state index contributed by atoms with van der Waals surface area (Å²) < 4.78 is 6.59. The number of aromatic amines is 1. The molecule has 4 nitrogen and oxygen atoms in total. The van der Waals surface area contributed by atoms with Crippen molar-refractivity contribution in [1.82, 2.24) is 9.97 Å². The first kappa shape index (κ1) is 15.3. The zero-order valence-corrected chi connectivity index (χ0v) is 15.4. The molecule has 0 fully saturated rings. The summed E-state index contributed by atoms with van der Waals surface area (Å²) in [5, 5.41) is 3.00. The quantitative estimate of drug-likeness (QED) is 0.293. The Labute approximate surface area is 156 Å². The summed E-state index contributed by atoms with van der Waals surface area (Å²) in [7, 11) is 0. The van der Waals surface area contributed by atoms with E-state index in [4.69, 9.17) is 4.42 Å². The zero-order chi connectivity index (χ0) is 17.8. The van der Waals surface area contributed by atoms with Gasteiger partial charge < -0.3 is 9.40 Å². The topological polar surface area (TPSA) is 58.9 Å². The van der Waals surface area contributed by atoms with Crippen molar-refractivity contribution in [2.75, 3.05) is 0 Å². The van der Waals surface area contributed by atoms with Gasteiger partial charge in [-0.15, -0.1) is 0 Å². The van der Waals surface area contributed by atoms with Crippen LogP contribution in [0.15, 0.2) is 68.3 Å². The lowest BCUT2D eigenvalue weighted by Crippen LogP contribution is -2.03. The van der Waals surface area contributed by atoms with Crippen molar-refractivity contribution in [3.8, 4) is 11.4 Å². The Morgan fingerprint density at radius 3 is 2.77 bits per heavy atom. The maximum atomic E-state index is 12.5. The number of aromatic nitrogens is 2. The van der Waals surface area contributed by atoms with Crippen LogP contribution >= 0.6 is 15.9 Å². The predicted molar refractivity (Wildman–Crippen MR) is 108 cm³/mol. The number of aryl methyl sites for hydroxylation is 1. The molecule has 2 heterocycles. The number of nitrogens with one attached hydrogen (secondary N) is 1. The molecular weight excluding hydrogens is 392 g/mol. The highest BCUT2D eigenvalue weighted by Crippen LogP contribution is 2.29. The van der Waals surface area contributed by atoms with Crippen LogP contribution in [-0.4, -0.2) is 9.97 Å². The second-order valence-corrected chi connectivity index (χ2v) is 7.31. The number of hydrogen-bond donors (Lipinski definition) is 1. The largest absolute Gasteiger partial charge is 0.422 e. The second kappa shape index (κ2) is 5.54. The third-order valence-corrected chi connectivity index (χ3v) is 5.08. The molecule has 1 N–H and O–H groups in total. The lowest BCUT2D eigenvalue weighted by molar-refractivity contribution is 0.563. The van der Waals surface area contributed by atoms with Gasteiger partial charge in [0.15, 0.2) is 0 Å². The van der Waals surface area contributed by atoms with Gasteiger partial charge in [-0.2, -0.15) is 0 Å². The van der Waals surface area contributed by atoms with Crippen LogP contribution in [0.1, 0.15) is 5.56 Å². The molecule has 0 aliphatic carbocycles. The van der Waals surface area contributed by atoms with Crippen molar-refractivity contribution >= 4 is 48.7 Å². The molecule has 5 heteroatoms. The first-order chi connectivity index (χ1) is 12.6. The highest BCUT2D eigenvalue weighted by molar-refractivity contribution is 9.10. The molecule has 0 saturated heterocycles. The molecule has 2 aromatic heterocycles. The van der Waals surface area contributed by atoms with E-state index in [-0.39, 0.29) is 0 Å². The Balaban J connectivity index is 1.82. The number of H-pyrrole nitrogens is 1. The highest BCUT2D eigenvalue weighted by Gasteiger charge is 2.14. The molecule has 5 rings (SSSR count). The fourth-order valence-corrected chi connectivity index (χ4v) is 3.70. The highest BCUT2D eigenvalue weighted by atomic mass is 79.9. The first-order valence-electron chi connectivity index (χ1n) is 8.21. The molecule has 0 aliphatic heterocycles. The van der Waals surface area contributed by atoms with Crippen LogP contribution in [0.25, 0.3) is 44.2 Å². The summed E-state index contributed by atoms with van der Waals surface area (Å²) in [6.07, 6.45) is 0. The molecule has 0 radical (unpaired) electrons. The minimum atomic E-state index is -0.398. The summed E-state index contributed by atoms with van der Waals surface area (Å²) in [5.41, 5.74) is 3.47. The van der Waals surface area contributed by atoms with E-state index in [2.05, 4.69) is 25.9 Å². The third kappa shape index (κ3) is 2.35. The molecule has 0 saturated carbocycles. The summed E-state index contributed by atoms with van der Waals surface area (Å²) in [6, 6.07) is 17.7. The Hall–Kier alpha value is -2.92. The molecule has 0 aliphatic rings. The van der Waals surface area contributed by atoms with Crippen LogP contribution in [0, 0.1) is 6.92 Å². The Morgan fingerprint density at radius 2 is 1.88 bits per heavy atom. The van der Waals surface area contributed by atoms with Gasteiger partial charge in [-0.1, -0.05) is 34.1 Å². The van der Waals surface area contributed by atoms with Gasteiger partial charge in [0.1, 0.15) is 17.0 Å². The van der Waals surface area contributed by atoms with Crippen LogP contribution in [0.4, 0.5) is 0 Å². The fraction of sp³-hybridized carbons (Fsp3) is 0.0476. The van der Waals surface area contributed by atoms with Crippen LogP contribution in [0.3, 0.4) is 0 Å². The maximum Gasteiger partial charge on any atom is 0.347 e. The fourth-order valence-electron chi connectivity index (χ4n) is 3.32. The van der Waals surface area contributed by atoms with Gasteiger partial charge in [-0.25, -0.2) is 9.78 Å². The predicted octanol–water partition coefficient (Wildman–Crippen LogP) is 5.56. The Kier molecular flexibility index (Phi) is 3.27. The molecule has 3 aromatic carbocycles. The summed E-state index contributed by atoms with van der Waals surface area (Å²) in [6.45, 7) is 2.02. The SMILES string of the molecule is Cc1ccc2nc(-c3cc4c(ccc5cc(Br)ccc54)oc3=O)[nH]c2c1. The molecular formula is C21H13BrN2O2. The van der Waals surface area contributed by atoms with Crippen molar-refractivity contribution in [2.24, 2.45) is 0 Å². The zero-order valence-electron chi connectivity index (χ0n) is 13.8. The molecule has 0 bridgehead atoms. The summed E-state index contributed by atoms with van der Waals surface area (Å²) in [5.74, 6) is 0.523. The van der Waals surface area contributed by atoms with Crippen molar-refractivity contribution in [2.45, 2.75) is 6.92 Å². The number of rotatable bonds is 1. The van der Waals surface area contributed by atoms with Gasteiger partial charge in [0.25, 0.3) is 0 Å². The van der Waals surface area contributed by atoms with Crippen LogP contribution < -0.4 is 5.63 Å². The number of benzene rings is 3. The smallest absolute Gasteiger partial charge is 0.347 e. The Morgan fingerprint density at radius 1 is 1.00 bits per heavy atom. The molecule has 0 amide bonds. The Bertz CT molecular complexity index is 1380. The third-order valence-electron chi connectivity index (χ3n) is 4.59. The van der Waals surface area contributed by atoms with E-state index in [1.54, 1.807) is 0 Å². The van der Waals surface area contributed by atoms with Gasteiger partial charge in [-0.05, 0) is 59.7 Å². The molecule has 0 spiro atoms. The van der Waals surface area contributed by atoms with Crippen molar-refractivity contribution < 1.29 is 4.42 Å². The monoisotopic (exact) mass is 404 g/mol. The van der Waals surface area contributed by atoms with Gasteiger partial charge in [0.2, 0.25) is 0 Å². The minimum absolute atomic E-state index is 0.398. The number of hydrogen-bond acceptors (Lipinski definition) is 3. The van der Waals surface area contributed by atoms with Gasteiger partial charge in [0.05, 0.1) is 11.0 Å². The number of halogens is 1. The average molecular weight is 405 g/mol. The standard InChI is InChI=1S/C21H13BrN2O2/c1-11-2-6-17-18(8-11)24-20(23-17)16-10-15-14-5-4-13(22)9-12(14)3-7-19(15)26-21(16)25/h2-10H,1H3,(H,23,24). The minimum Gasteiger partial charge on any atom is -0.422 e. The van der Waals surface area contributed by atoms with Gasteiger partial charge in [0, 0.05) is 9.86 Å². The molecule has 0 atom stereocenters. The van der Waals surface area contributed by atoms with E-state index in [1.165, 1.54) is 0 Å². The second-order valence-electron chi connectivity index (χ2n) is 6.40. The van der Waals surface area contributed by atoms with E-state index >= 15 is 0 Å². The molecule has 0 unspecified atom stereocenters. The van der Waals surface area contributed by atoms with E-state index in [0.29, 0.717) is 17.0 Å². The van der Waals surface area contributed by atoms with Crippen molar-refractivity contribution in [3.05, 3.63) is 75.1 Å². The van der Waals surface area contributed by atoms with Crippen molar-refractivity contribution in [1.29, 1.82) is 0 Å². The molecule has 26 heavy (non-hydrogen) atoms. The summed E-state index contributed by atoms with van der Waals surface area (Å²) >= 11 is 3.50.